The van der Waals surface area contributed by atoms with Gasteiger partial charge in [0.15, 0.2) is 7.14 Å². The van der Waals surface area contributed by atoms with E-state index < -0.39 is 10.1 Å². The van der Waals surface area contributed by atoms with E-state index >= 15 is 0 Å². The smallest absolute Gasteiger partial charge is 0.357 e. The Morgan fingerprint density at radius 1 is 0.650 bits per heavy atom. The maximum Gasteiger partial charge on any atom is 0.357 e. The zero-order valence-electron chi connectivity index (χ0n) is 25.0. The van der Waals surface area contributed by atoms with Crippen LogP contribution < -0.4 is 21.2 Å². The molecule has 0 fully saturated rings. The predicted molar refractivity (Wildman–Crippen MR) is 164 cm³/mol. The van der Waals surface area contributed by atoms with Gasteiger partial charge < -0.3 is 4.55 Å². The average molecular weight is 677 g/mol. The summed E-state index contributed by atoms with van der Waals surface area (Å²) in [6.07, 6.45) is 15.2. The lowest BCUT2D eigenvalue weighted by Crippen LogP contribution is -3.61. The molecule has 40 heavy (non-hydrogen) atoms. The van der Waals surface area contributed by atoms with Crippen molar-refractivity contribution in [2.24, 2.45) is 5.92 Å². The first-order valence-electron chi connectivity index (χ1n) is 15.0. The van der Waals surface area contributed by atoms with Crippen LogP contribution in [0, 0.1) is 20.0 Å². The third-order valence-corrected chi connectivity index (χ3v) is 10.4. The van der Waals surface area contributed by atoms with Gasteiger partial charge in [-0.05, 0) is 79.6 Å². The van der Waals surface area contributed by atoms with Crippen LogP contribution in [0.2, 0.25) is 0 Å². The molecule has 0 radical (unpaired) electrons. The van der Waals surface area contributed by atoms with Crippen molar-refractivity contribution in [1.29, 1.82) is 0 Å². The third kappa shape index (κ3) is 15.3. The van der Waals surface area contributed by atoms with Crippen LogP contribution in [0.5, 0.6) is 0 Å². The molecule has 0 aliphatic rings. The highest BCUT2D eigenvalue weighted by molar-refractivity contribution is 7.85. The van der Waals surface area contributed by atoms with Crippen LogP contribution in [0.4, 0.5) is 0 Å². The van der Waals surface area contributed by atoms with Crippen molar-refractivity contribution in [3.63, 3.8) is 0 Å². The normalized spacial score (nSPS) is 11.3. The average Bonchev–Trinajstić information content (AvgIpc) is 2.92. The fourth-order valence-corrected chi connectivity index (χ4v) is 7.14. The van der Waals surface area contributed by atoms with Crippen LogP contribution in [-0.2, 0) is 23.0 Å². The van der Waals surface area contributed by atoms with Gasteiger partial charge in [0.2, 0.25) is 0 Å². The van der Waals surface area contributed by atoms with Gasteiger partial charge in [0, 0.05) is 0 Å². The van der Waals surface area contributed by atoms with Crippen molar-refractivity contribution in [2.45, 2.75) is 110 Å². The lowest BCUT2D eigenvalue weighted by atomic mass is 10.0. The summed E-state index contributed by atoms with van der Waals surface area (Å²) in [6.45, 7) is 8.93. The van der Waals surface area contributed by atoms with Crippen molar-refractivity contribution >= 4 is 10.1 Å². The summed E-state index contributed by atoms with van der Waals surface area (Å²) in [4.78, 5) is -0.140. The number of aryl methyl sites for hydroxylation is 2. The Balaban J connectivity index is 0.000000285. The molecule has 0 heterocycles. The number of unbranched alkanes of at least 4 members (excludes halogenated alkanes) is 9. The second-order valence-corrected chi connectivity index (χ2v) is 15.6. The van der Waals surface area contributed by atoms with Crippen molar-refractivity contribution in [2.75, 3.05) is 0 Å². The molecule has 0 amide bonds. The predicted octanol–water partition coefficient (Wildman–Crippen LogP) is 6.38. The van der Waals surface area contributed by atoms with Gasteiger partial charge in [0.05, 0.1) is 4.90 Å². The standard InChI is InChI=1S/C18H30O3S.C17H20I/c1-2-3-4-5-6-7-8-9-10-11-12-17-13-15-18(16-14-17)22(19,20)21;1-13(2)12-15-6-10-17(11-7-15)18-16-8-4-14(3)5-9-16/h13-16H,2-12H2,1H3,(H,19,20,21);4-11,13H,12H2,1-3H3/q;+1/p-1. The van der Waals surface area contributed by atoms with E-state index in [2.05, 4.69) is 76.2 Å². The molecular formula is C35H49IO3S. The molecule has 0 atom stereocenters. The van der Waals surface area contributed by atoms with Gasteiger partial charge in [-0.1, -0.05) is 121 Å². The zero-order chi connectivity index (χ0) is 29.2. The van der Waals surface area contributed by atoms with Gasteiger partial charge in [0.1, 0.15) is 10.1 Å². The SMILES string of the molecule is CCCCCCCCCCCCc1ccc(S(=O)(=O)[O-])cc1.Cc1ccc([I+]c2ccc(CC(C)C)cc2)cc1. The van der Waals surface area contributed by atoms with Gasteiger partial charge in [-0.3, -0.25) is 0 Å². The van der Waals surface area contributed by atoms with Crippen molar-refractivity contribution < 1.29 is 34.2 Å². The molecule has 3 aromatic rings. The summed E-state index contributed by atoms with van der Waals surface area (Å²) in [7, 11) is -4.31. The van der Waals surface area contributed by atoms with Crippen LogP contribution in [0.15, 0.2) is 77.7 Å². The monoisotopic (exact) mass is 676 g/mol. The molecule has 0 unspecified atom stereocenters. The summed E-state index contributed by atoms with van der Waals surface area (Å²) in [5, 5.41) is 0. The molecule has 3 rings (SSSR count). The molecule has 3 aromatic carbocycles. The molecule has 5 heteroatoms. The third-order valence-electron chi connectivity index (χ3n) is 6.82. The van der Waals surface area contributed by atoms with E-state index in [0.29, 0.717) is 0 Å². The van der Waals surface area contributed by atoms with E-state index in [1.54, 1.807) is 12.1 Å². The Morgan fingerprint density at radius 3 is 1.57 bits per heavy atom. The first-order chi connectivity index (χ1) is 19.2. The summed E-state index contributed by atoms with van der Waals surface area (Å²) in [5.41, 5.74) is 3.91. The maximum atomic E-state index is 10.8. The second kappa shape index (κ2) is 19.4. The van der Waals surface area contributed by atoms with E-state index in [9.17, 15) is 13.0 Å². The molecule has 3 nitrogen and oxygen atoms in total. The van der Waals surface area contributed by atoms with Crippen molar-refractivity contribution in [3.8, 4) is 0 Å². The van der Waals surface area contributed by atoms with Crippen LogP contribution in [-0.4, -0.2) is 13.0 Å². The van der Waals surface area contributed by atoms with E-state index in [1.807, 2.05) is 0 Å². The highest BCUT2D eigenvalue weighted by atomic mass is 127. The number of hydrogen-bond donors (Lipinski definition) is 0. The minimum absolute atomic E-state index is 0.0179. The summed E-state index contributed by atoms with van der Waals surface area (Å²) in [6, 6.07) is 24.5. The van der Waals surface area contributed by atoms with Gasteiger partial charge in [-0.25, -0.2) is 8.42 Å². The van der Waals surface area contributed by atoms with E-state index in [1.165, 1.54) is 94.6 Å². The molecule has 0 N–H and O–H groups in total. The molecule has 0 bridgehead atoms. The Hall–Kier alpha value is -1.70. The highest BCUT2D eigenvalue weighted by Crippen LogP contribution is 2.14. The molecule has 220 valence electrons. The van der Waals surface area contributed by atoms with Crippen LogP contribution in [0.3, 0.4) is 0 Å². The van der Waals surface area contributed by atoms with Crippen molar-refractivity contribution in [1.82, 2.24) is 0 Å². The Bertz CT molecular complexity index is 1170. The van der Waals surface area contributed by atoms with Crippen LogP contribution >= 0.6 is 0 Å². The number of halogens is 1. The molecule has 0 saturated heterocycles. The van der Waals surface area contributed by atoms with Crippen molar-refractivity contribution in [3.05, 3.63) is 96.6 Å². The van der Waals surface area contributed by atoms with E-state index in [0.717, 1.165) is 24.3 Å². The quantitative estimate of drug-likeness (QED) is 0.101. The molecule has 0 aliphatic carbocycles. The molecule has 0 aliphatic heterocycles. The van der Waals surface area contributed by atoms with Crippen LogP contribution in [0.25, 0.3) is 0 Å². The maximum absolute atomic E-state index is 10.8. The Morgan fingerprint density at radius 2 is 1.10 bits per heavy atom. The lowest BCUT2D eigenvalue weighted by molar-refractivity contribution is -0.597. The summed E-state index contributed by atoms with van der Waals surface area (Å²) >= 11 is -0.0179. The molecule has 0 aromatic heterocycles. The highest BCUT2D eigenvalue weighted by Gasteiger charge is 2.14. The Labute approximate surface area is 255 Å². The largest absolute Gasteiger partial charge is 0.744 e. The fraction of sp³-hybridized carbons (Fsp3) is 0.486. The van der Waals surface area contributed by atoms with E-state index in [4.69, 9.17) is 0 Å². The van der Waals surface area contributed by atoms with Gasteiger partial charge in [-0.15, -0.1) is 0 Å². The molecule has 0 saturated carbocycles. The number of rotatable bonds is 16. The summed E-state index contributed by atoms with van der Waals surface area (Å²) in [5.74, 6) is 0.739. The number of hydrogen-bond acceptors (Lipinski definition) is 3. The van der Waals surface area contributed by atoms with E-state index in [-0.39, 0.29) is 26.1 Å². The van der Waals surface area contributed by atoms with Gasteiger partial charge >= 0.3 is 21.2 Å². The van der Waals surface area contributed by atoms with Gasteiger partial charge in [-0.2, -0.15) is 0 Å². The lowest BCUT2D eigenvalue weighted by Gasteiger charge is -2.08. The zero-order valence-corrected chi connectivity index (χ0v) is 28.0. The Kier molecular flexibility index (Phi) is 16.8. The first-order valence-corrected chi connectivity index (χ1v) is 18.6. The fourth-order valence-electron chi connectivity index (χ4n) is 4.52. The molecular weight excluding hydrogens is 627 g/mol. The number of benzene rings is 3. The first kappa shape index (κ1) is 34.5. The summed E-state index contributed by atoms with van der Waals surface area (Å²) < 4.78 is 35.5. The second-order valence-electron chi connectivity index (χ2n) is 11.1. The minimum atomic E-state index is -4.31. The molecule has 0 spiro atoms. The minimum Gasteiger partial charge on any atom is -0.744 e. The van der Waals surface area contributed by atoms with Gasteiger partial charge in [0.25, 0.3) is 0 Å². The van der Waals surface area contributed by atoms with Crippen LogP contribution in [0.1, 0.15) is 102 Å². The topological polar surface area (TPSA) is 57.2 Å².